The van der Waals surface area contributed by atoms with E-state index < -0.39 is 0 Å². The van der Waals surface area contributed by atoms with Crippen LogP contribution in [0, 0.1) is 11.7 Å². The molecule has 0 aromatic heterocycles. The minimum absolute atomic E-state index is 0.0251. The number of halogens is 1. The van der Waals surface area contributed by atoms with E-state index in [1.807, 2.05) is 13.8 Å². The predicted molar refractivity (Wildman–Crippen MR) is 95.5 cm³/mol. The van der Waals surface area contributed by atoms with Gasteiger partial charge < -0.3 is 15.1 Å². The molecule has 1 aromatic carbocycles. The summed E-state index contributed by atoms with van der Waals surface area (Å²) in [7, 11) is 0. The quantitative estimate of drug-likeness (QED) is 0.863. The zero-order valence-corrected chi connectivity index (χ0v) is 15.5. The fourth-order valence-corrected chi connectivity index (χ4v) is 3.08. The third-order valence-corrected chi connectivity index (χ3v) is 4.60. The molecule has 0 spiro atoms. The summed E-state index contributed by atoms with van der Waals surface area (Å²) in [6.07, 6.45) is 0.232. The Morgan fingerprint density at radius 2 is 1.92 bits per heavy atom. The second kappa shape index (κ2) is 8.78. The number of hydrogen-bond acceptors (Lipinski definition) is 3. The van der Waals surface area contributed by atoms with E-state index >= 15 is 0 Å². The summed E-state index contributed by atoms with van der Waals surface area (Å²) >= 11 is 0. The van der Waals surface area contributed by atoms with E-state index in [1.54, 1.807) is 21.9 Å². The van der Waals surface area contributed by atoms with Gasteiger partial charge in [-0.3, -0.25) is 14.4 Å². The Hall–Kier alpha value is -2.44. The summed E-state index contributed by atoms with van der Waals surface area (Å²) in [5, 5.41) is 2.51. The molecule has 0 saturated carbocycles. The normalized spacial score (nSPS) is 18.0. The van der Waals surface area contributed by atoms with Gasteiger partial charge in [0.2, 0.25) is 17.7 Å². The van der Waals surface area contributed by atoms with Gasteiger partial charge in [-0.05, 0) is 23.6 Å². The zero-order chi connectivity index (χ0) is 19.3. The van der Waals surface area contributed by atoms with Gasteiger partial charge in [0.1, 0.15) is 5.82 Å². The van der Waals surface area contributed by atoms with Crippen LogP contribution in [0.4, 0.5) is 4.39 Å². The summed E-state index contributed by atoms with van der Waals surface area (Å²) < 4.78 is 13.1. The van der Waals surface area contributed by atoms with Crippen molar-refractivity contribution in [3.63, 3.8) is 0 Å². The van der Waals surface area contributed by atoms with Crippen LogP contribution < -0.4 is 5.32 Å². The molecule has 0 bridgehead atoms. The van der Waals surface area contributed by atoms with Gasteiger partial charge >= 0.3 is 0 Å². The molecule has 7 heteroatoms. The molecule has 1 N–H and O–H groups in total. The highest BCUT2D eigenvalue weighted by Crippen LogP contribution is 2.21. The summed E-state index contributed by atoms with van der Waals surface area (Å²) in [6, 6.07) is 5.96. The summed E-state index contributed by atoms with van der Waals surface area (Å²) in [6.45, 7) is 6.46. The van der Waals surface area contributed by atoms with Gasteiger partial charge in [-0.1, -0.05) is 26.0 Å². The summed E-state index contributed by atoms with van der Waals surface area (Å²) in [5.74, 6) is -0.646. The van der Waals surface area contributed by atoms with Crippen LogP contribution in [0.5, 0.6) is 0 Å². The number of hydrogen-bond donors (Lipinski definition) is 1. The standard InChI is InChI=1S/C19H26FN3O3/c1-13(2)17-12-22(19(26)10-21-14(3)24)9-8-18(25)23(17)11-15-4-6-16(20)7-5-15/h4-7,13,17H,8-12H2,1-3H3,(H,21,24)/t17-/m1/s1. The zero-order valence-electron chi connectivity index (χ0n) is 15.5. The van der Waals surface area contributed by atoms with Gasteiger partial charge in [0.05, 0.1) is 12.6 Å². The monoisotopic (exact) mass is 363 g/mol. The molecule has 26 heavy (non-hydrogen) atoms. The Kier molecular flexibility index (Phi) is 6.71. The largest absolute Gasteiger partial charge is 0.347 e. The molecule has 1 fully saturated rings. The molecular weight excluding hydrogens is 337 g/mol. The molecule has 3 amide bonds. The molecule has 1 heterocycles. The van der Waals surface area contributed by atoms with Gasteiger partial charge in [-0.2, -0.15) is 0 Å². The van der Waals surface area contributed by atoms with Gasteiger partial charge in [0.25, 0.3) is 0 Å². The van der Waals surface area contributed by atoms with Crippen LogP contribution in [0.1, 0.15) is 32.8 Å². The third kappa shape index (κ3) is 5.28. The van der Waals surface area contributed by atoms with Crippen molar-refractivity contribution >= 4 is 17.7 Å². The van der Waals surface area contributed by atoms with E-state index in [-0.39, 0.29) is 48.5 Å². The lowest BCUT2D eigenvalue weighted by Gasteiger charge is -2.34. The molecule has 0 aliphatic carbocycles. The first-order valence-corrected chi connectivity index (χ1v) is 8.84. The number of carbonyl (C=O) groups excluding carboxylic acids is 3. The lowest BCUT2D eigenvalue weighted by molar-refractivity contribution is -0.134. The summed E-state index contributed by atoms with van der Waals surface area (Å²) in [5.41, 5.74) is 0.850. The topological polar surface area (TPSA) is 69.7 Å². The number of benzene rings is 1. The summed E-state index contributed by atoms with van der Waals surface area (Å²) in [4.78, 5) is 39.5. The van der Waals surface area contributed by atoms with Crippen molar-refractivity contribution in [1.82, 2.24) is 15.1 Å². The highest BCUT2D eigenvalue weighted by molar-refractivity contribution is 5.85. The number of nitrogens with zero attached hydrogens (tertiary/aromatic N) is 2. The SMILES string of the molecule is CC(=O)NCC(=O)N1CCC(=O)N(Cc2ccc(F)cc2)[C@@H](C(C)C)C1. The van der Waals surface area contributed by atoms with Crippen molar-refractivity contribution in [2.24, 2.45) is 5.92 Å². The van der Waals surface area contributed by atoms with Crippen LogP contribution in [-0.4, -0.2) is 53.2 Å². The molecule has 142 valence electrons. The van der Waals surface area contributed by atoms with Crippen molar-refractivity contribution in [2.45, 2.75) is 39.8 Å². The molecule has 1 aromatic rings. The first kappa shape index (κ1) is 19.9. The molecule has 1 aliphatic heterocycles. The molecular formula is C19H26FN3O3. The minimum Gasteiger partial charge on any atom is -0.347 e. The van der Waals surface area contributed by atoms with Crippen LogP contribution in [-0.2, 0) is 20.9 Å². The molecule has 6 nitrogen and oxygen atoms in total. The van der Waals surface area contributed by atoms with Crippen molar-refractivity contribution < 1.29 is 18.8 Å². The minimum atomic E-state index is -0.314. The van der Waals surface area contributed by atoms with E-state index in [2.05, 4.69) is 5.32 Å². The van der Waals surface area contributed by atoms with E-state index in [0.29, 0.717) is 19.6 Å². The first-order valence-electron chi connectivity index (χ1n) is 8.84. The van der Waals surface area contributed by atoms with Crippen LogP contribution >= 0.6 is 0 Å². The van der Waals surface area contributed by atoms with Crippen molar-refractivity contribution in [2.75, 3.05) is 19.6 Å². The smallest absolute Gasteiger partial charge is 0.242 e. The third-order valence-electron chi connectivity index (χ3n) is 4.60. The molecule has 0 radical (unpaired) electrons. The number of amides is 3. The van der Waals surface area contributed by atoms with Gasteiger partial charge in [-0.15, -0.1) is 0 Å². The Morgan fingerprint density at radius 3 is 2.50 bits per heavy atom. The Labute approximate surface area is 153 Å². The molecule has 0 unspecified atom stereocenters. The van der Waals surface area contributed by atoms with Crippen molar-refractivity contribution in [1.29, 1.82) is 0 Å². The first-order chi connectivity index (χ1) is 12.3. The predicted octanol–water partition coefficient (Wildman–Crippen LogP) is 1.55. The van der Waals surface area contributed by atoms with Crippen LogP contribution in [0.2, 0.25) is 0 Å². The van der Waals surface area contributed by atoms with Gasteiger partial charge in [0, 0.05) is 33.0 Å². The lowest BCUT2D eigenvalue weighted by Crippen LogP contribution is -2.48. The Bertz CT molecular complexity index is 660. The van der Waals surface area contributed by atoms with Crippen LogP contribution in [0.15, 0.2) is 24.3 Å². The highest BCUT2D eigenvalue weighted by atomic mass is 19.1. The fraction of sp³-hybridized carbons (Fsp3) is 0.526. The maximum Gasteiger partial charge on any atom is 0.242 e. The number of rotatable bonds is 5. The number of carbonyl (C=O) groups is 3. The van der Waals surface area contributed by atoms with Crippen molar-refractivity contribution in [3.8, 4) is 0 Å². The highest BCUT2D eigenvalue weighted by Gasteiger charge is 2.33. The average Bonchev–Trinajstić information content (AvgIpc) is 2.75. The number of nitrogens with one attached hydrogen (secondary N) is 1. The molecule has 1 atom stereocenters. The lowest BCUT2D eigenvalue weighted by atomic mass is 10.0. The fourth-order valence-electron chi connectivity index (χ4n) is 3.08. The Balaban J connectivity index is 2.15. The molecule has 2 rings (SSSR count). The van der Waals surface area contributed by atoms with Gasteiger partial charge in [-0.25, -0.2) is 4.39 Å². The van der Waals surface area contributed by atoms with E-state index in [4.69, 9.17) is 0 Å². The second-order valence-corrected chi connectivity index (χ2v) is 6.96. The van der Waals surface area contributed by atoms with Gasteiger partial charge in [0.15, 0.2) is 0 Å². The Morgan fingerprint density at radius 1 is 1.27 bits per heavy atom. The van der Waals surface area contributed by atoms with E-state index in [1.165, 1.54) is 19.1 Å². The molecule has 1 aliphatic rings. The average molecular weight is 363 g/mol. The van der Waals surface area contributed by atoms with E-state index in [0.717, 1.165) is 5.56 Å². The van der Waals surface area contributed by atoms with E-state index in [9.17, 15) is 18.8 Å². The van der Waals surface area contributed by atoms with Crippen LogP contribution in [0.25, 0.3) is 0 Å². The molecule has 1 saturated heterocycles. The second-order valence-electron chi connectivity index (χ2n) is 6.96. The van der Waals surface area contributed by atoms with Crippen LogP contribution in [0.3, 0.4) is 0 Å². The van der Waals surface area contributed by atoms with Crippen molar-refractivity contribution in [3.05, 3.63) is 35.6 Å². The maximum atomic E-state index is 13.1. The maximum absolute atomic E-state index is 13.1.